The number of carbonyl (C=O) groups excluding carboxylic acids is 1. The van der Waals surface area contributed by atoms with Crippen LogP contribution in [0, 0.1) is 6.92 Å². The lowest BCUT2D eigenvalue weighted by molar-refractivity contribution is -0.132. The largest absolute Gasteiger partial charge is 0.383 e. The first-order valence-electron chi connectivity index (χ1n) is 8.17. The minimum absolute atomic E-state index is 0.164. The summed E-state index contributed by atoms with van der Waals surface area (Å²) < 4.78 is 4.98. The van der Waals surface area contributed by atoms with E-state index in [2.05, 4.69) is 43.4 Å². The third kappa shape index (κ3) is 6.16. The molecule has 1 aromatic rings. The number of rotatable bonds is 10. The van der Waals surface area contributed by atoms with Gasteiger partial charge in [0.2, 0.25) is 5.91 Å². The molecule has 124 valence electrons. The van der Waals surface area contributed by atoms with E-state index in [9.17, 15) is 4.79 Å². The third-order valence-corrected chi connectivity index (χ3v) is 3.92. The molecule has 0 saturated carbocycles. The van der Waals surface area contributed by atoms with Crippen molar-refractivity contribution in [1.82, 2.24) is 10.2 Å². The molecule has 4 heteroatoms. The number of benzene rings is 1. The molecule has 22 heavy (non-hydrogen) atoms. The molecule has 1 amide bonds. The first-order chi connectivity index (χ1) is 10.6. The SMILES string of the molecule is CCC(Cc1ccc(C)cc1)N(CC)C(=O)CNCCOC. The van der Waals surface area contributed by atoms with Gasteiger partial charge in [0.25, 0.3) is 0 Å². The van der Waals surface area contributed by atoms with E-state index in [1.807, 2.05) is 11.8 Å². The molecule has 0 heterocycles. The smallest absolute Gasteiger partial charge is 0.236 e. The Hall–Kier alpha value is -1.39. The molecule has 0 aromatic heterocycles. The molecule has 0 saturated heterocycles. The molecule has 1 aromatic carbocycles. The Morgan fingerprint density at radius 3 is 2.50 bits per heavy atom. The van der Waals surface area contributed by atoms with Gasteiger partial charge in [0.15, 0.2) is 0 Å². The fraction of sp³-hybridized carbons (Fsp3) is 0.611. The molecule has 1 rings (SSSR count). The predicted molar refractivity (Wildman–Crippen MR) is 91.1 cm³/mol. The fourth-order valence-corrected chi connectivity index (χ4v) is 2.58. The number of nitrogens with zero attached hydrogens (tertiary/aromatic N) is 1. The fourth-order valence-electron chi connectivity index (χ4n) is 2.58. The first-order valence-corrected chi connectivity index (χ1v) is 8.17. The van der Waals surface area contributed by atoms with Crippen LogP contribution in [0.2, 0.25) is 0 Å². The minimum atomic E-state index is 0.164. The van der Waals surface area contributed by atoms with E-state index in [4.69, 9.17) is 4.74 Å². The van der Waals surface area contributed by atoms with Gasteiger partial charge in [-0.05, 0) is 32.3 Å². The first kappa shape index (κ1) is 18.7. The zero-order chi connectivity index (χ0) is 16.4. The Kier molecular flexibility index (Phi) is 8.78. The monoisotopic (exact) mass is 306 g/mol. The van der Waals surface area contributed by atoms with Crippen LogP contribution in [0.5, 0.6) is 0 Å². The normalized spacial score (nSPS) is 12.2. The van der Waals surface area contributed by atoms with Crippen molar-refractivity contribution in [3.05, 3.63) is 35.4 Å². The molecule has 0 spiro atoms. The van der Waals surface area contributed by atoms with Crippen LogP contribution in [0.1, 0.15) is 31.4 Å². The van der Waals surface area contributed by atoms with Crippen molar-refractivity contribution >= 4 is 5.91 Å². The van der Waals surface area contributed by atoms with Gasteiger partial charge in [-0.3, -0.25) is 4.79 Å². The van der Waals surface area contributed by atoms with Crippen LogP contribution in [-0.4, -0.2) is 50.2 Å². The molecular formula is C18H30N2O2. The molecule has 0 bridgehead atoms. The number of carbonyl (C=O) groups is 1. The maximum absolute atomic E-state index is 12.4. The lowest BCUT2D eigenvalue weighted by Crippen LogP contribution is -2.45. The Balaban J connectivity index is 2.60. The number of ether oxygens (including phenoxy) is 1. The van der Waals surface area contributed by atoms with Gasteiger partial charge in [-0.25, -0.2) is 0 Å². The highest BCUT2D eigenvalue weighted by molar-refractivity contribution is 5.78. The number of hydrogen-bond acceptors (Lipinski definition) is 3. The summed E-state index contributed by atoms with van der Waals surface area (Å²) in [7, 11) is 1.66. The van der Waals surface area contributed by atoms with Crippen molar-refractivity contribution in [3.63, 3.8) is 0 Å². The van der Waals surface area contributed by atoms with Crippen molar-refractivity contribution < 1.29 is 9.53 Å². The highest BCUT2D eigenvalue weighted by atomic mass is 16.5. The number of nitrogens with one attached hydrogen (secondary N) is 1. The molecule has 1 unspecified atom stereocenters. The second kappa shape index (κ2) is 10.4. The van der Waals surface area contributed by atoms with Crippen molar-refractivity contribution in [3.8, 4) is 0 Å². The van der Waals surface area contributed by atoms with Gasteiger partial charge >= 0.3 is 0 Å². The quantitative estimate of drug-likeness (QED) is 0.675. The summed E-state index contributed by atoms with van der Waals surface area (Å²) in [6, 6.07) is 8.84. The summed E-state index contributed by atoms with van der Waals surface area (Å²) >= 11 is 0. The molecular weight excluding hydrogens is 276 g/mol. The van der Waals surface area contributed by atoms with Gasteiger partial charge in [0.1, 0.15) is 0 Å². The summed E-state index contributed by atoms with van der Waals surface area (Å²) in [5.41, 5.74) is 2.55. The molecule has 0 fully saturated rings. The lowest BCUT2D eigenvalue weighted by atomic mass is 10.0. The highest BCUT2D eigenvalue weighted by Crippen LogP contribution is 2.13. The summed E-state index contributed by atoms with van der Waals surface area (Å²) in [6.07, 6.45) is 1.87. The van der Waals surface area contributed by atoms with Gasteiger partial charge in [-0.1, -0.05) is 36.8 Å². The zero-order valence-electron chi connectivity index (χ0n) is 14.4. The highest BCUT2D eigenvalue weighted by Gasteiger charge is 2.20. The van der Waals surface area contributed by atoms with E-state index < -0.39 is 0 Å². The summed E-state index contributed by atoms with van der Waals surface area (Å²) in [5.74, 6) is 0.164. The van der Waals surface area contributed by atoms with Crippen molar-refractivity contribution in [2.24, 2.45) is 0 Å². The van der Waals surface area contributed by atoms with E-state index in [0.717, 1.165) is 19.4 Å². The number of methoxy groups -OCH3 is 1. The van der Waals surface area contributed by atoms with Crippen LogP contribution >= 0.6 is 0 Å². The number of likely N-dealkylation sites (N-methyl/N-ethyl adjacent to an activating group) is 1. The van der Waals surface area contributed by atoms with Crippen LogP contribution in [0.25, 0.3) is 0 Å². The van der Waals surface area contributed by atoms with E-state index in [1.165, 1.54) is 11.1 Å². The Morgan fingerprint density at radius 1 is 1.27 bits per heavy atom. The van der Waals surface area contributed by atoms with Gasteiger partial charge in [0, 0.05) is 26.2 Å². The third-order valence-electron chi connectivity index (χ3n) is 3.92. The molecule has 1 atom stereocenters. The summed E-state index contributed by atoms with van der Waals surface area (Å²) in [6.45, 7) is 8.73. The average Bonchev–Trinajstić information content (AvgIpc) is 2.53. The molecule has 0 aliphatic heterocycles. The zero-order valence-corrected chi connectivity index (χ0v) is 14.4. The average molecular weight is 306 g/mol. The van der Waals surface area contributed by atoms with Crippen LogP contribution in [-0.2, 0) is 16.0 Å². The molecule has 0 radical (unpaired) electrons. The summed E-state index contributed by atoms with van der Waals surface area (Å²) in [5, 5.41) is 3.13. The van der Waals surface area contributed by atoms with Gasteiger partial charge in [-0.2, -0.15) is 0 Å². The predicted octanol–water partition coefficient (Wildman–Crippen LogP) is 2.40. The van der Waals surface area contributed by atoms with E-state index in [1.54, 1.807) is 7.11 Å². The van der Waals surface area contributed by atoms with E-state index in [-0.39, 0.29) is 11.9 Å². The van der Waals surface area contributed by atoms with Crippen LogP contribution < -0.4 is 5.32 Å². The second-order valence-electron chi connectivity index (χ2n) is 5.60. The lowest BCUT2D eigenvalue weighted by Gasteiger charge is -2.30. The van der Waals surface area contributed by atoms with Crippen LogP contribution in [0.4, 0.5) is 0 Å². The maximum atomic E-state index is 12.4. The Labute approximate surface area is 134 Å². The minimum Gasteiger partial charge on any atom is -0.383 e. The van der Waals surface area contributed by atoms with E-state index >= 15 is 0 Å². The van der Waals surface area contributed by atoms with Gasteiger partial charge < -0.3 is 15.0 Å². The van der Waals surface area contributed by atoms with Gasteiger partial charge in [0.05, 0.1) is 13.2 Å². The second-order valence-corrected chi connectivity index (χ2v) is 5.60. The number of aryl methyl sites for hydroxylation is 1. The molecule has 0 aliphatic rings. The maximum Gasteiger partial charge on any atom is 0.236 e. The number of hydrogen-bond donors (Lipinski definition) is 1. The molecule has 4 nitrogen and oxygen atoms in total. The van der Waals surface area contributed by atoms with Crippen LogP contribution in [0.15, 0.2) is 24.3 Å². The van der Waals surface area contributed by atoms with Gasteiger partial charge in [-0.15, -0.1) is 0 Å². The van der Waals surface area contributed by atoms with Crippen LogP contribution in [0.3, 0.4) is 0 Å². The Bertz CT molecular complexity index is 431. The molecule has 1 N–H and O–H groups in total. The standard InChI is InChI=1S/C18H30N2O2/c1-5-17(13-16-9-7-15(3)8-10-16)20(6-2)18(21)14-19-11-12-22-4/h7-10,17,19H,5-6,11-14H2,1-4H3. The summed E-state index contributed by atoms with van der Waals surface area (Å²) in [4.78, 5) is 14.4. The molecule has 0 aliphatic carbocycles. The van der Waals surface area contributed by atoms with Crippen molar-refractivity contribution in [1.29, 1.82) is 0 Å². The van der Waals surface area contributed by atoms with Crippen molar-refractivity contribution in [2.75, 3.05) is 33.4 Å². The number of amides is 1. The topological polar surface area (TPSA) is 41.6 Å². The van der Waals surface area contributed by atoms with E-state index in [0.29, 0.717) is 19.7 Å². The Morgan fingerprint density at radius 2 is 1.95 bits per heavy atom. The van der Waals surface area contributed by atoms with Crippen molar-refractivity contribution in [2.45, 2.75) is 39.7 Å².